The molecule has 0 aromatic carbocycles. The van der Waals surface area contributed by atoms with Crippen LogP contribution in [0.25, 0.3) is 0 Å². The summed E-state index contributed by atoms with van der Waals surface area (Å²) >= 11 is 0. The zero-order valence-corrected chi connectivity index (χ0v) is 10.7. The maximum Gasteiger partial charge on any atom is 0.127 e. The molecule has 4 atom stereocenters. The van der Waals surface area contributed by atoms with Crippen molar-refractivity contribution < 1.29 is 20.3 Å². The summed E-state index contributed by atoms with van der Waals surface area (Å²) < 4.78 is 0. The number of hydrogen-bond donors (Lipinski definition) is 4. The van der Waals surface area contributed by atoms with Crippen molar-refractivity contribution in [1.29, 1.82) is 0 Å². The predicted octanol–water partition coefficient (Wildman–Crippen LogP) is -5.69. The molecule has 1 aliphatic heterocycles. The smallest absolute Gasteiger partial charge is 0.127 e. The molecule has 18 heavy (non-hydrogen) atoms. The molecule has 108 valence electrons. The molecular weight excluding hydrogens is 240 g/mol. The van der Waals surface area contributed by atoms with Crippen LogP contribution in [-0.4, -0.2) is 52.4 Å². The van der Waals surface area contributed by atoms with Crippen LogP contribution in [-0.2, 0) is 0 Å². The first kappa shape index (κ1) is 15.7. The highest BCUT2D eigenvalue weighted by molar-refractivity contribution is 4.39. The molecule has 0 amide bonds. The van der Waals surface area contributed by atoms with Gasteiger partial charge in [0.15, 0.2) is 0 Å². The molecular formula is C10H24N4O4. The van der Waals surface area contributed by atoms with E-state index in [9.17, 15) is 20.8 Å². The lowest BCUT2D eigenvalue weighted by Crippen LogP contribution is -3.18. The van der Waals surface area contributed by atoms with Crippen LogP contribution in [0.15, 0.2) is 0 Å². The first-order chi connectivity index (χ1) is 8.58. The molecule has 1 saturated heterocycles. The van der Waals surface area contributed by atoms with Gasteiger partial charge in [-0.25, -0.2) is 0 Å². The highest BCUT2D eigenvalue weighted by atomic mass is 16.5. The van der Waals surface area contributed by atoms with Gasteiger partial charge >= 0.3 is 0 Å². The van der Waals surface area contributed by atoms with Gasteiger partial charge in [0, 0.05) is 12.8 Å². The molecule has 8 heteroatoms. The zero-order chi connectivity index (χ0) is 13.4. The van der Waals surface area contributed by atoms with Crippen LogP contribution in [0.5, 0.6) is 0 Å². The van der Waals surface area contributed by atoms with Crippen molar-refractivity contribution in [3.63, 3.8) is 0 Å². The Morgan fingerprint density at radius 3 is 0.833 bits per heavy atom. The second-order valence-electron chi connectivity index (χ2n) is 4.86. The Hall–Kier alpha value is -0.320. The summed E-state index contributed by atoms with van der Waals surface area (Å²) in [5, 5.41) is 46.0. The summed E-state index contributed by atoms with van der Waals surface area (Å²) in [6.45, 7) is 2.59. The fourth-order valence-corrected chi connectivity index (χ4v) is 2.02. The Kier molecular flexibility index (Phi) is 7.63. The standard InChI is InChI=1S/C10H24N4O4/c15-11-3-1-4-12(16)8-10-14(18)6-2-5-13(17)9-7-11/h11-14H,1-10H2. The van der Waals surface area contributed by atoms with Gasteiger partial charge in [-0.05, 0) is 0 Å². The van der Waals surface area contributed by atoms with Gasteiger partial charge in [-0.15, -0.1) is 0 Å². The lowest BCUT2D eigenvalue weighted by molar-refractivity contribution is -0.928. The van der Waals surface area contributed by atoms with Gasteiger partial charge in [0.2, 0.25) is 0 Å². The van der Waals surface area contributed by atoms with Gasteiger partial charge in [-0.1, -0.05) is 0 Å². The van der Waals surface area contributed by atoms with Crippen molar-refractivity contribution in [3.05, 3.63) is 20.8 Å². The average Bonchev–Trinajstić information content (AvgIpc) is 2.33. The highest BCUT2D eigenvalue weighted by Gasteiger charge is 2.08. The Balaban J connectivity index is 2.36. The number of hydrogen-bond acceptors (Lipinski definition) is 4. The van der Waals surface area contributed by atoms with Crippen LogP contribution in [0.2, 0.25) is 0 Å². The van der Waals surface area contributed by atoms with E-state index in [2.05, 4.69) is 0 Å². The Labute approximate surface area is 107 Å². The molecule has 1 aliphatic rings. The van der Waals surface area contributed by atoms with Crippen molar-refractivity contribution in [2.24, 2.45) is 0 Å². The largest absolute Gasteiger partial charge is 0.634 e. The van der Waals surface area contributed by atoms with Crippen LogP contribution >= 0.6 is 0 Å². The number of quaternary nitrogens is 4. The van der Waals surface area contributed by atoms with E-state index in [0.29, 0.717) is 39.0 Å². The Morgan fingerprint density at radius 2 is 0.611 bits per heavy atom. The van der Waals surface area contributed by atoms with E-state index in [1.54, 1.807) is 0 Å². The SMILES string of the molecule is [O-][NH+]1CCC[NH+]([O-])CC[NH+]([O-])CCC[NH+]([O-])CC1. The number of rotatable bonds is 0. The van der Waals surface area contributed by atoms with E-state index >= 15 is 0 Å². The lowest BCUT2D eigenvalue weighted by atomic mass is 10.3. The van der Waals surface area contributed by atoms with Gasteiger partial charge in [-0.3, -0.25) is 0 Å². The minimum absolute atomic E-state index is 0.0595. The molecule has 0 bridgehead atoms. The molecule has 4 unspecified atom stereocenters. The van der Waals surface area contributed by atoms with E-state index in [0.717, 1.165) is 0 Å². The average molecular weight is 264 g/mol. The van der Waals surface area contributed by atoms with Crippen molar-refractivity contribution in [2.75, 3.05) is 52.4 Å². The summed E-state index contributed by atoms with van der Waals surface area (Å²) in [5.41, 5.74) is 0. The quantitative estimate of drug-likeness (QED) is 0.327. The van der Waals surface area contributed by atoms with Crippen molar-refractivity contribution >= 4 is 0 Å². The first-order valence-electron chi connectivity index (χ1n) is 6.64. The third-order valence-electron chi connectivity index (χ3n) is 3.19. The molecule has 1 heterocycles. The normalized spacial score (nSPS) is 38.0. The maximum absolute atomic E-state index is 11.4. The van der Waals surface area contributed by atoms with E-state index in [1.165, 1.54) is 0 Å². The van der Waals surface area contributed by atoms with E-state index in [1.807, 2.05) is 0 Å². The van der Waals surface area contributed by atoms with Gasteiger partial charge in [0.25, 0.3) is 0 Å². The van der Waals surface area contributed by atoms with Crippen molar-refractivity contribution in [3.8, 4) is 0 Å². The molecule has 8 nitrogen and oxygen atoms in total. The first-order valence-corrected chi connectivity index (χ1v) is 6.64. The monoisotopic (exact) mass is 264 g/mol. The molecule has 0 aliphatic carbocycles. The Morgan fingerprint density at radius 1 is 0.389 bits per heavy atom. The molecule has 1 rings (SSSR count). The van der Waals surface area contributed by atoms with Gasteiger partial charge < -0.3 is 41.1 Å². The van der Waals surface area contributed by atoms with Crippen molar-refractivity contribution in [2.45, 2.75) is 12.8 Å². The minimum Gasteiger partial charge on any atom is -0.634 e. The summed E-state index contributed by atoms with van der Waals surface area (Å²) in [6, 6.07) is 0. The van der Waals surface area contributed by atoms with Gasteiger partial charge in [0.1, 0.15) is 26.2 Å². The van der Waals surface area contributed by atoms with Gasteiger partial charge in [0.05, 0.1) is 26.2 Å². The molecule has 0 saturated carbocycles. The Bertz CT molecular complexity index is 180. The van der Waals surface area contributed by atoms with Gasteiger partial charge in [-0.2, -0.15) is 0 Å². The zero-order valence-electron chi connectivity index (χ0n) is 10.7. The highest BCUT2D eigenvalue weighted by Crippen LogP contribution is 1.67. The molecule has 4 N–H and O–H groups in total. The maximum atomic E-state index is 11.4. The van der Waals surface area contributed by atoms with Crippen LogP contribution < -0.4 is 20.3 Å². The van der Waals surface area contributed by atoms with Crippen LogP contribution in [0, 0.1) is 20.8 Å². The molecule has 0 aromatic rings. The molecule has 0 aromatic heterocycles. The number of nitrogens with one attached hydrogen (secondary N) is 4. The summed E-state index contributed by atoms with van der Waals surface area (Å²) in [4.78, 5) is 0. The van der Waals surface area contributed by atoms with Crippen molar-refractivity contribution in [1.82, 2.24) is 0 Å². The topological polar surface area (TPSA) is 110 Å². The minimum atomic E-state index is 0.0595. The fourth-order valence-electron chi connectivity index (χ4n) is 2.02. The molecule has 1 fully saturated rings. The molecule has 0 radical (unpaired) electrons. The van der Waals surface area contributed by atoms with E-state index < -0.39 is 0 Å². The summed E-state index contributed by atoms with van der Waals surface area (Å²) in [7, 11) is 0. The number of hydroxylamine groups is 8. The van der Waals surface area contributed by atoms with E-state index in [4.69, 9.17) is 0 Å². The second kappa shape index (κ2) is 8.73. The predicted molar refractivity (Wildman–Crippen MR) is 65.5 cm³/mol. The lowest BCUT2D eigenvalue weighted by Gasteiger charge is -2.31. The third kappa shape index (κ3) is 7.19. The second-order valence-corrected chi connectivity index (χ2v) is 4.86. The summed E-state index contributed by atoms with van der Waals surface area (Å²) in [5.74, 6) is 0. The van der Waals surface area contributed by atoms with Crippen LogP contribution in [0.1, 0.15) is 12.8 Å². The van der Waals surface area contributed by atoms with E-state index in [-0.39, 0.29) is 46.4 Å². The summed E-state index contributed by atoms with van der Waals surface area (Å²) in [6.07, 6.45) is 1.08. The van der Waals surface area contributed by atoms with Crippen LogP contribution in [0.3, 0.4) is 0 Å². The molecule has 0 spiro atoms. The fraction of sp³-hybridized carbons (Fsp3) is 1.00. The van der Waals surface area contributed by atoms with Crippen LogP contribution in [0.4, 0.5) is 0 Å². The third-order valence-corrected chi connectivity index (χ3v) is 3.19.